The largest absolute Gasteiger partial charge is 0.508 e. The molecule has 0 saturated carbocycles. The minimum absolute atomic E-state index is 0.362. The minimum atomic E-state index is -0.573. The van der Waals surface area contributed by atoms with Crippen LogP contribution in [0, 0.1) is 0 Å². The van der Waals surface area contributed by atoms with E-state index in [1.165, 1.54) is 0 Å². The highest BCUT2D eigenvalue weighted by Gasteiger charge is 2.22. The molecule has 0 aliphatic rings. The Morgan fingerprint density at radius 1 is 1.33 bits per heavy atom. The molecule has 0 radical (unpaired) electrons. The fourth-order valence-electron chi connectivity index (χ4n) is 1.03. The lowest BCUT2D eigenvalue weighted by atomic mass is 10.0. The molecule has 12 heavy (non-hydrogen) atoms. The van der Waals surface area contributed by atoms with E-state index in [0.717, 1.165) is 12.8 Å². The number of carbonyl (C=O) groups is 1. The Morgan fingerprint density at radius 2 is 1.92 bits per heavy atom. The van der Waals surface area contributed by atoms with E-state index >= 15 is 0 Å². The van der Waals surface area contributed by atoms with Gasteiger partial charge in [0.1, 0.15) is 5.60 Å². The maximum absolute atomic E-state index is 10.9. The van der Waals surface area contributed by atoms with Crippen LogP contribution in [0.5, 0.6) is 0 Å². The predicted molar refractivity (Wildman–Crippen MR) is 47.1 cm³/mol. The molecule has 0 rings (SSSR count). The topological polar surface area (TPSA) is 35.5 Å². The monoisotopic (exact) mass is 174 g/mol. The van der Waals surface area contributed by atoms with Gasteiger partial charge in [0.15, 0.2) is 0 Å². The summed E-state index contributed by atoms with van der Waals surface area (Å²) in [5.41, 5.74) is -0.402. The van der Waals surface area contributed by atoms with Crippen molar-refractivity contribution in [3.8, 4) is 0 Å². The Hall–Kier alpha value is -0.730. The van der Waals surface area contributed by atoms with E-state index in [-0.39, 0.29) is 0 Å². The van der Waals surface area contributed by atoms with Crippen LogP contribution in [-0.2, 0) is 9.47 Å². The Labute approximate surface area is 74.0 Å². The van der Waals surface area contributed by atoms with Crippen LogP contribution in [0.3, 0.4) is 0 Å². The van der Waals surface area contributed by atoms with E-state index in [2.05, 4.69) is 11.7 Å². The van der Waals surface area contributed by atoms with Gasteiger partial charge < -0.3 is 9.47 Å². The second-order valence-electron chi connectivity index (χ2n) is 3.29. The van der Waals surface area contributed by atoms with Gasteiger partial charge in [0, 0.05) is 0 Å². The molecule has 0 amide bonds. The van der Waals surface area contributed by atoms with Gasteiger partial charge in [-0.3, -0.25) is 0 Å². The van der Waals surface area contributed by atoms with Crippen molar-refractivity contribution in [1.29, 1.82) is 0 Å². The Balaban J connectivity index is 3.79. The fraction of sp³-hybridized carbons (Fsp3) is 0.889. The molecule has 0 aliphatic carbocycles. The minimum Gasteiger partial charge on any atom is -0.435 e. The van der Waals surface area contributed by atoms with Gasteiger partial charge in [0.25, 0.3) is 0 Å². The molecule has 0 unspecified atom stereocenters. The molecule has 0 heterocycles. The second-order valence-corrected chi connectivity index (χ2v) is 3.29. The molecular weight excluding hydrogens is 156 g/mol. The van der Waals surface area contributed by atoms with Crippen LogP contribution in [-0.4, -0.2) is 18.4 Å². The van der Waals surface area contributed by atoms with Gasteiger partial charge in [-0.1, -0.05) is 13.3 Å². The summed E-state index contributed by atoms with van der Waals surface area (Å²) in [6.45, 7) is 7.94. The standard InChI is InChI=1S/C9H18O3/c1-5-7-9(3,4)12-8(10)11-6-2/h5-7H2,1-4H3. The zero-order valence-corrected chi connectivity index (χ0v) is 8.35. The quantitative estimate of drug-likeness (QED) is 0.615. The van der Waals surface area contributed by atoms with Crippen LogP contribution in [0.25, 0.3) is 0 Å². The van der Waals surface area contributed by atoms with Crippen molar-refractivity contribution in [2.24, 2.45) is 0 Å². The van der Waals surface area contributed by atoms with Gasteiger partial charge >= 0.3 is 6.16 Å². The lowest BCUT2D eigenvalue weighted by Crippen LogP contribution is -2.28. The summed E-state index contributed by atoms with van der Waals surface area (Å²) in [6, 6.07) is 0. The summed E-state index contributed by atoms with van der Waals surface area (Å²) < 4.78 is 9.72. The zero-order chi connectivity index (χ0) is 9.61. The van der Waals surface area contributed by atoms with Crippen molar-refractivity contribution in [2.45, 2.75) is 46.1 Å². The number of rotatable bonds is 4. The van der Waals surface area contributed by atoms with E-state index in [9.17, 15) is 4.79 Å². The van der Waals surface area contributed by atoms with Crippen LogP contribution in [0.1, 0.15) is 40.5 Å². The fourth-order valence-corrected chi connectivity index (χ4v) is 1.03. The number of ether oxygens (including phenoxy) is 2. The van der Waals surface area contributed by atoms with Crippen molar-refractivity contribution in [3.05, 3.63) is 0 Å². The first-order valence-electron chi connectivity index (χ1n) is 4.37. The molecule has 0 fully saturated rings. The summed E-state index contributed by atoms with van der Waals surface area (Å²) >= 11 is 0. The molecule has 0 bridgehead atoms. The molecule has 3 heteroatoms. The van der Waals surface area contributed by atoms with E-state index < -0.39 is 11.8 Å². The van der Waals surface area contributed by atoms with E-state index in [1.54, 1.807) is 6.92 Å². The molecule has 0 aliphatic heterocycles. The third-order valence-electron chi connectivity index (χ3n) is 1.47. The average Bonchev–Trinajstić information content (AvgIpc) is 1.85. The molecular formula is C9H18O3. The van der Waals surface area contributed by atoms with Crippen LogP contribution in [0.15, 0.2) is 0 Å². The molecule has 0 saturated heterocycles. The Kier molecular flexibility index (Phi) is 4.71. The predicted octanol–water partition coefficient (Wildman–Crippen LogP) is 2.74. The summed E-state index contributed by atoms with van der Waals surface area (Å²) in [7, 11) is 0. The molecule has 0 aromatic rings. The van der Waals surface area contributed by atoms with Crippen LogP contribution in [0.4, 0.5) is 4.79 Å². The zero-order valence-electron chi connectivity index (χ0n) is 8.35. The van der Waals surface area contributed by atoms with Gasteiger partial charge in [-0.25, -0.2) is 4.79 Å². The van der Waals surface area contributed by atoms with Crippen molar-refractivity contribution < 1.29 is 14.3 Å². The van der Waals surface area contributed by atoms with E-state index in [4.69, 9.17) is 4.74 Å². The van der Waals surface area contributed by atoms with Crippen molar-refractivity contribution in [2.75, 3.05) is 6.61 Å². The molecule has 72 valence electrons. The normalized spacial score (nSPS) is 11.0. The van der Waals surface area contributed by atoms with Crippen LogP contribution in [0.2, 0.25) is 0 Å². The van der Waals surface area contributed by atoms with Crippen molar-refractivity contribution >= 4 is 6.16 Å². The van der Waals surface area contributed by atoms with Gasteiger partial charge in [0.2, 0.25) is 0 Å². The first-order valence-corrected chi connectivity index (χ1v) is 4.37. The summed E-state index contributed by atoms with van der Waals surface area (Å²) in [6.07, 6.45) is 1.27. The Bertz CT molecular complexity index is 141. The van der Waals surface area contributed by atoms with Gasteiger partial charge in [-0.15, -0.1) is 0 Å². The third kappa shape index (κ3) is 4.99. The van der Waals surface area contributed by atoms with Crippen LogP contribution < -0.4 is 0 Å². The average molecular weight is 174 g/mol. The highest BCUT2D eigenvalue weighted by atomic mass is 16.7. The van der Waals surface area contributed by atoms with Gasteiger partial charge in [0.05, 0.1) is 6.61 Å². The van der Waals surface area contributed by atoms with E-state index in [1.807, 2.05) is 13.8 Å². The summed E-state index contributed by atoms with van der Waals surface area (Å²) in [4.78, 5) is 10.9. The lowest BCUT2D eigenvalue weighted by Gasteiger charge is -2.23. The maximum atomic E-state index is 10.9. The maximum Gasteiger partial charge on any atom is 0.508 e. The highest BCUT2D eigenvalue weighted by Crippen LogP contribution is 2.16. The lowest BCUT2D eigenvalue weighted by molar-refractivity contribution is -0.0186. The summed E-state index contributed by atoms with van der Waals surface area (Å²) in [5.74, 6) is 0. The first-order chi connectivity index (χ1) is 5.52. The smallest absolute Gasteiger partial charge is 0.435 e. The van der Waals surface area contributed by atoms with Gasteiger partial charge in [-0.05, 0) is 27.2 Å². The number of hydrogen-bond donors (Lipinski definition) is 0. The van der Waals surface area contributed by atoms with Gasteiger partial charge in [-0.2, -0.15) is 0 Å². The third-order valence-corrected chi connectivity index (χ3v) is 1.47. The molecule has 3 nitrogen and oxygen atoms in total. The molecule has 0 aromatic carbocycles. The summed E-state index contributed by atoms with van der Waals surface area (Å²) in [5, 5.41) is 0. The molecule has 0 spiro atoms. The molecule has 0 atom stereocenters. The second kappa shape index (κ2) is 5.01. The highest BCUT2D eigenvalue weighted by molar-refractivity contribution is 5.60. The molecule has 0 N–H and O–H groups in total. The van der Waals surface area contributed by atoms with Crippen molar-refractivity contribution in [1.82, 2.24) is 0 Å². The number of carbonyl (C=O) groups excluding carboxylic acids is 1. The first kappa shape index (κ1) is 11.3. The van der Waals surface area contributed by atoms with Crippen LogP contribution >= 0.6 is 0 Å². The Morgan fingerprint density at radius 3 is 2.33 bits per heavy atom. The number of hydrogen-bond acceptors (Lipinski definition) is 3. The molecule has 0 aromatic heterocycles. The van der Waals surface area contributed by atoms with Crippen molar-refractivity contribution in [3.63, 3.8) is 0 Å². The van der Waals surface area contributed by atoms with E-state index in [0.29, 0.717) is 6.61 Å². The SMILES string of the molecule is CCCC(C)(C)OC(=O)OCC.